The van der Waals surface area contributed by atoms with E-state index in [4.69, 9.17) is 0 Å². The molecule has 0 N–H and O–H groups in total. The van der Waals surface area contributed by atoms with Crippen molar-refractivity contribution in [3.63, 3.8) is 0 Å². The Labute approximate surface area is 307 Å². The van der Waals surface area contributed by atoms with Crippen molar-refractivity contribution in [2.45, 2.75) is 13.8 Å². The number of aryl methyl sites for hydroxylation is 2. The standard InChI is InChI=1S/C50H40N2/c1-37-17-30-46(31-18-37)52(50-36-19-38(2)48-15-9-10-16-49(48)50)47-32-24-40(25-33-47)21-20-39-22-26-41(27-23-39)42-28-34-45(35-29-42)51(43-11-5-3-6-12-43)44-13-7-4-8-14-44/h3-36H,1-2H3. The van der Waals surface area contributed by atoms with Gasteiger partial charge in [-0.3, -0.25) is 0 Å². The second-order valence-electron chi connectivity index (χ2n) is 13.2. The Morgan fingerprint density at radius 1 is 0.327 bits per heavy atom. The SMILES string of the molecule is Cc1ccc(N(c2ccc(C=Cc3ccc(-c4ccc(N(c5ccccc5)c5ccccc5)cc4)cc3)cc2)c2ccc(C)c3ccccc23)cc1. The minimum atomic E-state index is 1.13. The number of hydrogen-bond acceptors (Lipinski definition) is 2. The summed E-state index contributed by atoms with van der Waals surface area (Å²) in [6, 6.07) is 69.4. The molecule has 0 aliphatic heterocycles. The summed E-state index contributed by atoms with van der Waals surface area (Å²) in [6.07, 6.45) is 4.37. The first kappa shape index (κ1) is 32.6. The first-order chi connectivity index (χ1) is 25.6. The zero-order valence-electron chi connectivity index (χ0n) is 29.5. The monoisotopic (exact) mass is 668 g/mol. The van der Waals surface area contributed by atoms with Crippen LogP contribution < -0.4 is 9.80 Å². The summed E-state index contributed by atoms with van der Waals surface area (Å²) in [4.78, 5) is 4.65. The highest BCUT2D eigenvalue weighted by molar-refractivity contribution is 6.00. The van der Waals surface area contributed by atoms with Crippen molar-refractivity contribution in [3.05, 3.63) is 216 Å². The van der Waals surface area contributed by atoms with Crippen LogP contribution in [0.4, 0.5) is 34.1 Å². The Balaban J connectivity index is 1.01. The normalized spacial score (nSPS) is 11.2. The van der Waals surface area contributed by atoms with Gasteiger partial charge in [-0.2, -0.15) is 0 Å². The molecule has 0 unspecified atom stereocenters. The highest BCUT2D eigenvalue weighted by atomic mass is 15.1. The Morgan fingerprint density at radius 3 is 1.29 bits per heavy atom. The molecule has 52 heavy (non-hydrogen) atoms. The van der Waals surface area contributed by atoms with E-state index in [1.165, 1.54) is 38.7 Å². The van der Waals surface area contributed by atoms with Crippen molar-refractivity contribution in [2.75, 3.05) is 9.80 Å². The van der Waals surface area contributed by atoms with Gasteiger partial charge in [0.2, 0.25) is 0 Å². The van der Waals surface area contributed by atoms with Crippen LogP contribution in [0.5, 0.6) is 0 Å². The molecule has 0 spiro atoms. The summed E-state index contributed by atoms with van der Waals surface area (Å²) >= 11 is 0. The second kappa shape index (κ2) is 14.7. The third-order valence-corrected chi connectivity index (χ3v) is 9.67. The van der Waals surface area contributed by atoms with Gasteiger partial charge in [-0.15, -0.1) is 0 Å². The van der Waals surface area contributed by atoms with E-state index in [1.54, 1.807) is 0 Å². The highest BCUT2D eigenvalue weighted by Gasteiger charge is 2.16. The zero-order valence-corrected chi connectivity index (χ0v) is 29.5. The average molecular weight is 669 g/mol. The van der Waals surface area contributed by atoms with Crippen molar-refractivity contribution in [3.8, 4) is 11.1 Å². The predicted octanol–water partition coefficient (Wildman–Crippen LogP) is 14.2. The molecule has 0 aromatic heterocycles. The van der Waals surface area contributed by atoms with Crippen LogP contribution in [0.3, 0.4) is 0 Å². The minimum absolute atomic E-state index is 1.13. The van der Waals surface area contributed by atoms with Gasteiger partial charge in [-0.1, -0.05) is 145 Å². The van der Waals surface area contributed by atoms with Crippen LogP contribution in [0.1, 0.15) is 22.3 Å². The van der Waals surface area contributed by atoms with E-state index >= 15 is 0 Å². The van der Waals surface area contributed by atoms with E-state index < -0.39 is 0 Å². The first-order valence-electron chi connectivity index (χ1n) is 17.8. The molecule has 0 radical (unpaired) electrons. The van der Waals surface area contributed by atoms with Crippen LogP contribution in [0.2, 0.25) is 0 Å². The number of para-hydroxylation sites is 2. The number of hydrogen-bond donors (Lipinski definition) is 0. The first-order valence-corrected chi connectivity index (χ1v) is 17.8. The summed E-state index contributed by atoms with van der Waals surface area (Å²) in [5.74, 6) is 0. The third kappa shape index (κ3) is 6.88. The lowest BCUT2D eigenvalue weighted by Gasteiger charge is -2.27. The molecule has 0 heterocycles. The van der Waals surface area contributed by atoms with Gasteiger partial charge < -0.3 is 9.80 Å². The number of anilines is 6. The van der Waals surface area contributed by atoms with Crippen LogP contribution in [-0.4, -0.2) is 0 Å². The van der Waals surface area contributed by atoms with Gasteiger partial charge in [0.05, 0.1) is 5.69 Å². The molecule has 0 amide bonds. The molecule has 2 heteroatoms. The van der Waals surface area contributed by atoms with Crippen LogP contribution in [0, 0.1) is 13.8 Å². The summed E-state index contributed by atoms with van der Waals surface area (Å²) in [7, 11) is 0. The predicted molar refractivity (Wildman–Crippen MR) is 224 cm³/mol. The number of rotatable bonds is 9. The molecule has 0 aliphatic rings. The highest BCUT2D eigenvalue weighted by Crippen LogP contribution is 2.40. The van der Waals surface area contributed by atoms with Gasteiger partial charge in [-0.05, 0) is 114 Å². The molecule has 8 aromatic carbocycles. The van der Waals surface area contributed by atoms with Crippen molar-refractivity contribution in [1.29, 1.82) is 0 Å². The van der Waals surface area contributed by atoms with Crippen LogP contribution in [0.25, 0.3) is 34.1 Å². The molecule has 0 saturated carbocycles. The second-order valence-corrected chi connectivity index (χ2v) is 13.2. The zero-order chi connectivity index (χ0) is 35.3. The fraction of sp³-hybridized carbons (Fsp3) is 0.0400. The van der Waals surface area contributed by atoms with Crippen LogP contribution >= 0.6 is 0 Å². The Morgan fingerprint density at radius 2 is 0.731 bits per heavy atom. The van der Waals surface area contributed by atoms with Gasteiger partial charge >= 0.3 is 0 Å². The molecular formula is C50H40N2. The van der Waals surface area contributed by atoms with E-state index in [2.05, 4.69) is 230 Å². The molecular weight excluding hydrogens is 629 g/mol. The summed E-state index contributed by atoms with van der Waals surface area (Å²) < 4.78 is 0. The van der Waals surface area contributed by atoms with Crippen LogP contribution in [0.15, 0.2) is 194 Å². The fourth-order valence-corrected chi connectivity index (χ4v) is 6.87. The lowest BCUT2D eigenvalue weighted by Crippen LogP contribution is -2.10. The minimum Gasteiger partial charge on any atom is -0.311 e. The van der Waals surface area contributed by atoms with E-state index in [9.17, 15) is 0 Å². The van der Waals surface area contributed by atoms with Crippen LogP contribution in [-0.2, 0) is 0 Å². The summed E-state index contributed by atoms with van der Waals surface area (Å²) in [5.41, 5.74) is 14.1. The molecule has 0 aliphatic carbocycles. The van der Waals surface area contributed by atoms with Gasteiger partial charge in [0.15, 0.2) is 0 Å². The van der Waals surface area contributed by atoms with E-state index in [0.29, 0.717) is 0 Å². The lowest BCUT2D eigenvalue weighted by atomic mass is 10.0. The average Bonchev–Trinajstić information content (AvgIpc) is 3.21. The largest absolute Gasteiger partial charge is 0.311 e. The van der Waals surface area contributed by atoms with E-state index in [0.717, 1.165) is 39.6 Å². The van der Waals surface area contributed by atoms with Gasteiger partial charge in [-0.25, -0.2) is 0 Å². The Hall–Kier alpha value is -6.64. The summed E-state index contributed by atoms with van der Waals surface area (Å²) in [6.45, 7) is 4.31. The molecule has 8 aromatic rings. The third-order valence-electron chi connectivity index (χ3n) is 9.67. The fourth-order valence-electron chi connectivity index (χ4n) is 6.87. The smallest absolute Gasteiger partial charge is 0.0540 e. The lowest BCUT2D eigenvalue weighted by molar-refractivity contribution is 1.28. The molecule has 0 fully saturated rings. The molecule has 0 bridgehead atoms. The van der Waals surface area contributed by atoms with Crippen molar-refractivity contribution in [2.24, 2.45) is 0 Å². The number of fused-ring (bicyclic) bond motifs is 1. The Bertz CT molecular complexity index is 2390. The van der Waals surface area contributed by atoms with Crippen molar-refractivity contribution < 1.29 is 0 Å². The quantitative estimate of drug-likeness (QED) is 0.141. The topological polar surface area (TPSA) is 6.48 Å². The maximum atomic E-state index is 2.36. The van der Waals surface area contributed by atoms with Gasteiger partial charge in [0.25, 0.3) is 0 Å². The van der Waals surface area contributed by atoms with E-state index in [1.807, 2.05) is 0 Å². The van der Waals surface area contributed by atoms with Gasteiger partial charge in [0, 0.05) is 33.8 Å². The molecule has 250 valence electrons. The maximum Gasteiger partial charge on any atom is 0.0540 e. The van der Waals surface area contributed by atoms with Crippen molar-refractivity contribution >= 4 is 57.0 Å². The van der Waals surface area contributed by atoms with E-state index in [-0.39, 0.29) is 0 Å². The molecule has 8 rings (SSSR count). The molecule has 0 atom stereocenters. The molecule has 0 saturated heterocycles. The van der Waals surface area contributed by atoms with Gasteiger partial charge in [0.1, 0.15) is 0 Å². The number of benzene rings is 8. The maximum absolute atomic E-state index is 2.36. The number of nitrogens with zero attached hydrogens (tertiary/aromatic N) is 2. The van der Waals surface area contributed by atoms with Crippen molar-refractivity contribution in [1.82, 2.24) is 0 Å². The Kier molecular flexibility index (Phi) is 9.19. The summed E-state index contributed by atoms with van der Waals surface area (Å²) in [5, 5.41) is 2.52. The molecule has 2 nitrogen and oxygen atoms in total.